The highest BCUT2D eigenvalue weighted by Crippen LogP contribution is 2.72. The Labute approximate surface area is 396 Å². The van der Waals surface area contributed by atoms with Crippen molar-refractivity contribution >= 4 is 50.1 Å². The topological polar surface area (TPSA) is 145 Å². The number of thiazole rings is 1. The van der Waals surface area contributed by atoms with Crippen LogP contribution in [0.4, 0.5) is 22.6 Å². The van der Waals surface area contributed by atoms with E-state index in [9.17, 15) is 4.79 Å². The van der Waals surface area contributed by atoms with Gasteiger partial charge in [-0.1, -0.05) is 49.4 Å². The summed E-state index contributed by atoms with van der Waals surface area (Å²) >= 11 is 1.59. The van der Waals surface area contributed by atoms with E-state index in [2.05, 4.69) is 64.0 Å². The molecule has 15 heteroatoms. The summed E-state index contributed by atoms with van der Waals surface area (Å²) in [5, 5.41) is 22.3. The van der Waals surface area contributed by atoms with Gasteiger partial charge in [0.2, 0.25) is 0 Å². The Bertz CT molecular complexity index is 2770. The Morgan fingerprint density at radius 3 is 2.45 bits per heavy atom. The maximum absolute atomic E-state index is 14.4. The molecule has 4 aliphatic carbocycles. The molecule has 0 amide bonds. The summed E-state index contributed by atoms with van der Waals surface area (Å²) in [7, 11) is 1.64. The Kier molecular flexibility index (Phi) is 11.3. The minimum atomic E-state index is -0.503. The summed E-state index contributed by atoms with van der Waals surface area (Å²) in [6.45, 7) is 16.9. The molecule has 6 aromatic rings. The highest BCUT2D eigenvalue weighted by Gasteiger charge is 2.66. The first kappa shape index (κ1) is 44.1. The molecule has 0 radical (unpaired) electrons. The summed E-state index contributed by atoms with van der Waals surface area (Å²) in [5.41, 5.74) is 7.14. The molecular weight excluding hydrogens is 861 g/mol. The van der Waals surface area contributed by atoms with Crippen molar-refractivity contribution in [3.63, 3.8) is 0 Å². The van der Waals surface area contributed by atoms with Gasteiger partial charge in [-0.15, -0.1) is 10.2 Å². The zero-order valence-corrected chi connectivity index (χ0v) is 40.3. The number of methoxy groups -OCH3 is 1. The van der Waals surface area contributed by atoms with Crippen LogP contribution in [0.15, 0.2) is 66.9 Å². The van der Waals surface area contributed by atoms with Crippen LogP contribution in [0.5, 0.6) is 5.75 Å². The number of aromatic nitrogens is 6. The van der Waals surface area contributed by atoms with Crippen LogP contribution in [0, 0.1) is 30.1 Å². The number of benzene rings is 2. The maximum atomic E-state index is 14.4. The molecule has 0 unspecified atom stereocenters. The number of nitrogens with zero attached hydrogens (tertiary/aromatic N) is 8. The van der Waals surface area contributed by atoms with Crippen molar-refractivity contribution in [2.24, 2.45) is 16.2 Å². The highest BCUT2D eigenvalue weighted by molar-refractivity contribution is 7.22. The molecule has 4 bridgehead atoms. The largest absolute Gasteiger partial charge is 0.497 e. The summed E-state index contributed by atoms with van der Waals surface area (Å²) < 4.78 is 21.8. The molecule has 12 rings (SSSR count). The Balaban J connectivity index is 0.888. The van der Waals surface area contributed by atoms with Crippen LogP contribution in [0.2, 0.25) is 0 Å². The number of para-hydroxylation sites is 1. The van der Waals surface area contributed by atoms with Crippen LogP contribution < -0.4 is 20.3 Å². The first-order valence-corrected chi connectivity index (χ1v) is 24.9. The molecular formula is C52H62N10O4S. The van der Waals surface area contributed by atoms with Crippen molar-refractivity contribution in [3.8, 4) is 16.9 Å². The number of nitrogens with one attached hydrogen (secondary N) is 2. The average Bonchev–Trinajstić information content (AvgIpc) is 3.89. The van der Waals surface area contributed by atoms with Gasteiger partial charge in [0.25, 0.3) is 0 Å². The van der Waals surface area contributed by atoms with Crippen LogP contribution in [-0.4, -0.2) is 99.4 Å². The lowest BCUT2D eigenvalue weighted by Gasteiger charge is -2.69. The lowest BCUT2D eigenvalue weighted by Crippen LogP contribution is -2.64. The summed E-state index contributed by atoms with van der Waals surface area (Å²) in [4.78, 5) is 29.0. The number of piperazine rings is 1. The van der Waals surface area contributed by atoms with E-state index < -0.39 is 5.97 Å². The Morgan fingerprint density at radius 2 is 1.67 bits per heavy atom. The second kappa shape index (κ2) is 17.2. The molecule has 350 valence electrons. The fraction of sp³-hybridized carbons (Fsp3) is 0.500. The number of ether oxygens (including phenoxy) is 3. The van der Waals surface area contributed by atoms with Crippen LogP contribution in [0.25, 0.3) is 21.3 Å². The van der Waals surface area contributed by atoms with Crippen molar-refractivity contribution in [2.75, 3.05) is 63.2 Å². The van der Waals surface area contributed by atoms with Crippen LogP contribution in [0.3, 0.4) is 0 Å². The SMILES string of the molecule is COc1ccc(COC(=O)c2nc(N3CCCc4c3nnc(Nc3nc5ccccc5s3)c4C)ccc2-c2cnn(C[C@]34C[C@]5(C)C[C@](C)(C3)C[C@@](OCCN3CCNCC3)(C5)C4)c2C)cc1. The summed E-state index contributed by atoms with van der Waals surface area (Å²) in [6, 6.07) is 19.7. The van der Waals surface area contributed by atoms with Gasteiger partial charge in [-0.3, -0.25) is 9.58 Å². The summed E-state index contributed by atoms with van der Waals surface area (Å²) in [5.74, 6) is 2.28. The van der Waals surface area contributed by atoms with Crippen molar-refractivity contribution in [2.45, 2.75) is 97.8 Å². The molecule has 6 heterocycles. The third-order valence-electron chi connectivity index (χ3n) is 15.3. The molecule has 2 aliphatic heterocycles. The van der Waals surface area contributed by atoms with E-state index in [4.69, 9.17) is 34.4 Å². The normalized spacial score (nSPS) is 25.7. The maximum Gasteiger partial charge on any atom is 0.358 e. The molecule has 67 heavy (non-hydrogen) atoms. The zero-order valence-electron chi connectivity index (χ0n) is 39.5. The van der Waals surface area contributed by atoms with Crippen molar-refractivity contribution < 1.29 is 19.0 Å². The van der Waals surface area contributed by atoms with E-state index >= 15 is 0 Å². The van der Waals surface area contributed by atoms with Crippen LogP contribution in [0.1, 0.15) is 91.7 Å². The van der Waals surface area contributed by atoms with E-state index in [1.807, 2.05) is 60.8 Å². The molecule has 4 saturated carbocycles. The number of hydrogen-bond donors (Lipinski definition) is 2. The fourth-order valence-electron chi connectivity index (χ4n) is 13.5. The molecule has 6 aliphatic rings. The van der Waals surface area contributed by atoms with Gasteiger partial charge in [0, 0.05) is 73.8 Å². The van der Waals surface area contributed by atoms with E-state index in [0.29, 0.717) is 23.7 Å². The van der Waals surface area contributed by atoms with E-state index in [-0.39, 0.29) is 34.1 Å². The van der Waals surface area contributed by atoms with Gasteiger partial charge >= 0.3 is 5.97 Å². The van der Waals surface area contributed by atoms with Crippen molar-refractivity contribution in [1.82, 2.24) is 40.2 Å². The molecule has 14 nitrogen and oxygen atoms in total. The van der Waals surface area contributed by atoms with Crippen molar-refractivity contribution in [3.05, 3.63) is 94.9 Å². The molecule has 4 aromatic heterocycles. The van der Waals surface area contributed by atoms with Gasteiger partial charge < -0.3 is 29.7 Å². The van der Waals surface area contributed by atoms with E-state index in [1.165, 1.54) is 19.3 Å². The van der Waals surface area contributed by atoms with Crippen LogP contribution in [-0.2, 0) is 29.0 Å². The molecule has 5 fully saturated rings. The van der Waals surface area contributed by atoms with E-state index in [0.717, 1.165) is 133 Å². The number of esters is 1. The lowest BCUT2D eigenvalue weighted by atomic mass is 9.39. The smallest absolute Gasteiger partial charge is 0.358 e. The molecule has 4 atom stereocenters. The third kappa shape index (κ3) is 8.57. The number of rotatable bonds is 14. The monoisotopic (exact) mass is 922 g/mol. The quantitative estimate of drug-likeness (QED) is 0.100. The van der Waals surface area contributed by atoms with Gasteiger partial charge in [0.15, 0.2) is 22.5 Å². The standard InChI is InChI=1S/C52H62N10O4S/c1-34-38-9-8-20-61(46(38)59-58-45(34)57-48-55-41-10-6-7-11-42(41)67-48)43-17-16-39(44(56-43)47(63)65-26-36-12-14-37(64-5)15-13-36)40-25-54-62(35(40)2)33-51-28-49(3)27-50(4,29-51)31-52(30-49,32-51)66-24-23-60-21-18-53-19-22-60/h6-7,10-17,25,53H,8-9,18-24,26-33H2,1-5H3,(H,55,57,58)/t49-,50+,51+,52-. The molecule has 1 saturated heterocycles. The first-order valence-electron chi connectivity index (χ1n) is 24.1. The minimum absolute atomic E-state index is 0.0637. The van der Waals surface area contributed by atoms with E-state index in [1.54, 1.807) is 18.4 Å². The number of fused-ring (bicyclic) bond motifs is 2. The average molecular weight is 923 g/mol. The fourth-order valence-corrected chi connectivity index (χ4v) is 14.4. The number of carbonyl (C=O) groups is 1. The first-order chi connectivity index (χ1) is 32.4. The second-order valence-electron chi connectivity index (χ2n) is 20.9. The van der Waals surface area contributed by atoms with Gasteiger partial charge in [0.1, 0.15) is 18.2 Å². The number of hydrogen-bond acceptors (Lipinski definition) is 14. The Morgan fingerprint density at radius 1 is 0.881 bits per heavy atom. The molecule has 0 spiro atoms. The zero-order chi connectivity index (χ0) is 46.0. The minimum Gasteiger partial charge on any atom is -0.497 e. The lowest BCUT2D eigenvalue weighted by molar-refractivity contribution is -0.249. The third-order valence-corrected chi connectivity index (χ3v) is 16.3. The molecule has 2 aromatic carbocycles. The van der Waals surface area contributed by atoms with Gasteiger partial charge in [-0.05, 0) is 123 Å². The number of anilines is 4. The van der Waals surface area contributed by atoms with Gasteiger partial charge in [0.05, 0.1) is 35.7 Å². The predicted molar refractivity (Wildman–Crippen MR) is 262 cm³/mol. The van der Waals surface area contributed by atoms with Crippen LogP contribution >= 0.6 is 11.3 Å². The second-order valence-corrected chi connectivity index (χ2v) is 22.0. The highest BCUT2D eigenvalue weighted by atomic mass is 32.1. The van der Waals surface area contributed by atoms with Gasteiger partial charge in [-0.25, -0.2) is 14.8 Å². The van der Waals surface area contributed by atoms with Crippen molar-refractivity contribution in [1.29, 1.82) is 0 Å². The number of pyridine rings is 1. The Hall–Kier alpha value is -5.48. The predicted octanol–water partition coefficient (Wildman–Crippen LogP) is 9.20. The molecule has 2 N–H and O–H groups in total. The van der Waals surface area contributed by atoms with Gasteiger partial charge in [-0.2, -0.15) is 5.10 Å². The number of carbonyl (C=O) groups excluding carboxylic acids is 1. The summed E-state index contributed by atoms with van der Waals surface area (Å²) in [6.07, 6.45) is 10.6.